The van der Waals surface area contributed by atoms with Crippen LogP contribution in [0, 0.1) is 11.8 Å². The summed E-state index contributed by atoms with van der Waals surface area (Å²) in [5.74, 6) is 2.23. The molecule has 0 fully saturated rings. The maximum atomic E-state index is 4.59. The number of hydrogen-bond acceptors (Lipinski definition) is 4. The van der Waals surface area contributed by atoms with Crippen molar-refractivity contribution in [2.75, 3.05) is 18.0 Å². The number of nitrogens with zero attached hydrogens (tertiary/aromatic N) is 3. The van der Waals surface area contributed by atoms with Gasteiger partial charge < -0.3 is 10.2 Å². The largest absolute Gasteiger partial charge is 0.355 e. The fourth-order valence-corrected chi connectivity index (χ4v) is 2.05. The summed E-state index contributed by atoms with van der Waals surface area (Å²) in [5.41, 5.74) is 0.997. The second-order valence-electron chi connectivity index (χ2n) is 6.59. The van der Waals surface area contributed by atoms with Gasteiger partial charge in [-0.25, -0.2) is 4.98 Å². The number of anilines is 1. The van der Waals surface area contributed by atoms with Gasteiger partial charge in [0.2, 0.25) is 0 Å². The van der Waals surface area contributed by atoms with E-state index in [4.69, 9.17) is 0 Å². The Morgan fingerprint density at radius 2 is 1.55 bits per heavy atom. The number of hydrogen-bond donors (Lipinski definition) is 1. The van der Waals surface area contributed by atoms with E-state index in [1.54, 1.807) is 0 Å². The Bertz CT molecular complexity index is 361. The first kappa shape index (κ1) is 16.9. The van der Waals surface area contributed by atoms with Crippen LogP contribution < -0.4 is 10.2 Å². The zero-order valence-electron chi connectivity index (χ0n) is 13.8. The highest BCUT2D eigenvalue weighted by molar-refractivity contribution is 5.35. The lowest BCUT2D eigenvalue weighted by atomic mass is 10.1. The van der Waals surface area contributed by atoms with E-state index in [2.05, 4.69) is 61.7 Å². The van der Waals surface area contributed by atoms with Crippen LogP contribution >= 0.6 is 0 Å². The molecule has 0 saturated heterocycles. The maximum Gasteiger partial charge on any atom is 0.147 e. The molecule has 1 N–H and O–H groups in total. The fourth-order valence-electron chi connectivity index (χ4n) is 2.05. The van der Waals surface area contributed by atoms with E-state index in [0.29, 0.717) is 17.9 Å². The molecule has 0 bridgehead atoms. The predicted octanol–water partition coefficient (Wildman–Crippen LogP) is 3.09. The van der Waals surface area contributed by atoms with Gasteiger partial charge in [-0.1, -0.05) is 41.5 Å². The quantitative estimate of drug-likeness (QED) is 0.793. The highest BCUT2D eigenvalue weighted by atomic mass is 15.2. The third-order valence-corrected chi connectivity index (χ3v) is 2.88. The zero-order chi connectivity index (χ0) is 15.1. The summed E-state index contributed by atoms with van der Waals surface area (Å²) in [5, 5.41) is 3.36. The van der Waals surface area contributed by atoms with Crippen molar-refractivity contribution in [3.05, 3.63) is 18.1 Å². The van der Waals surface area contributed by atoms with Gasteiger partial charge in [0.05, 0.1) is 18.1 Å². The second kappa shape index (κ2) is 8.20. The molecule has 4 nitrogen and oxygen atoms in total. The Kier molecular flexibility index (Phi) is 6.93. The van der Waals surface area contributed by atoms with Gasteiger partial charge in [-0.2, -0.15) is 0 Å². The Balaban J connectivity index is 2.71. The van der Waals surface area contributed by atoms with Crippen molar-refractivity contribution in [2.45, 2.75) is 54.1 Å². The highest BCUT2D eigenvalue weighted by Gasteiger charge is 2.12. The average molecular weight is 278 g/mol. The van der Waals surface area contributed by atoms with Gasteiger partial charge in [0.1, 0.15) is 5.82 Å². The van der Waals surface area contributed by atoms with Crippen LogP contribution in [0.5, 0.6) is 0 Å². The van der Waals surface area contributed by atoms with Gasteiger partial charge in [0.25, 0.3) is 0 Å². The van der Waals surface area contributed by atoms with Crippen molar-refractivity contribution in [1.82, 2.24) is 15.3 Å². The summed E-state index contributed by atoms with van der Waals surface area (Å²) >= 11 is 0. The second-order valence-corrected chi connectivity index (χ2v) is 6.59. The molecule has 0 aliphatic carbocycles. The summed E-state index contributed by atoms with van der Waals surface area (Å²) in [4.78, 5) is 11.4. The minimum atomic E-state index is 0.467. The van der Waals surface area contributed by atoms with Crippen molar-refractivity contribution in [3.63, 3.8) is 0 Å². The van der Waals surface area contributed by atoms with E-state index >= 15 is 0 Å². The molecule has 0 amide bonds. The van der Waals surface area contributed by atoms with E-state index in [9.17, 15) is 0 Å². The molecule has 0 aromatic carbocycles. The van der Waals surface area contributed by atoms with Crippen LogP contribution in [0.2, 0.25) is 0 Å². The molecule has 1 aromatic rings. The van der Waals surface area contributed by atoms with Gasteiger partial charge in [-0.15, -0.1) is 0 Å². The first-order valence-corrected chi connectivity index (χ1v) is 7.67. The van der Waals surface area contributed by atoms with Crippen LogP contribution in [0.15, 0.2) is 12.4 Å². The number of rotatable bonds is 8. The molecule has 1 aromatic heterocycles. The summed E-state index contributed by atoms with van der Waals surface area (Å²) in [6.45, 7) is 16.0. The van der Waals surface area contributed by atoms with Crippen molar-refractivity contribution < 1.29 is 0 Å². The lowest BCUT2D eigenvalue weighted by Gasteiger charge is -2.27. The molecule has 0 saturated carbocycles. The van der Waals surface area contributed by atoms with Crippen LogP contribution in [-0.2, 0) is 6.54 Å². The van der Waals surface area contributed by atoms with Crippen molar-refractivity contribution in [2.24, 2.45) is 11.8 Å². The Morgan fingerprint density at radius 3 is 1.95 bits per heavy atom. The van der Waals surface area contributed by atoms with Gasteiger partial charge in [0.15, 0.2) is 0 Å². The van der Waals surface area contributed by atoms with Crippen LogP contribution in [0.4, 0.5) is 5.82 Å². The Morgan fingerprint density at radius 1 is 0.950 bits per heavy atom. The molecule has 1 rings (SSSR count). The van der Waals surface area contributed by atoms with Gasteiger partial charge in [0, 0.05) is 25.7 Å². The van der Waals surface area contributed by atoms with Gasteiger partial charge in [-0.3, -0.25) is 4.98 Å². The van der Waals surface area contributed by atoms with E-state index < -0.39 is 0 Å². The predicted molar refractivity (Wildman–Crippen MR) is 85.9 cm³/mol. The summed E-state index contributed by atoms with van der Waals surface area (Å²) < 4.78 is 0. The molecule has 20 heavy (non-hydrogen) atoms. The normalized spacial score (nSPS) is 11.7. The van der Waals surface area contributed by atoms with Crippen molar-refractivity contribution >= 4 is 5.82 Å². The molecule has 0 radical (unpaired) electrons. The Hall–Kier alpha value is -1.16. The number of aromatic nitrogens is 2. The lowest BCUT2D eigenvalue weighted by molar-refractivity contribution is 0.546. The molecular formula is C16H30N4. The van der Waals surface area contributed by atoms with Gasteiger partial charge >= 0.3 is 0 Å². The standard InChI is InChI=1S/C16H30N4/c1-12(2)10-20(11-13(3)4)16-9-18-15(8-19-16)7-17-14(5)6/h8-9,12-14,17H,7,10-11H2,1-6H3. The van der Waals surface area contributed by atoms with E-state index in [1.165, 1.54) is 0 Å². The van der Waals surface area contributed by atoms with Crippen LogP contribution in [0.1, 0.15) is 47.2 Å². The number of nitrogens with one attached hydrogen (secondary N) is 1. The van der Waals surface area contributed by atoms with E-state index in [0.717, 1.165) is 31.1 Å². The molecule has 0 unspecified atom stereocenters. The molecule has 4 heteroatoms. The first-order chi connectivity index (χ1) is 9.38. The van der Waals surface area contributed by atoms with Crippen LogP contribution in [-0.4, -0.2) is 29.1 Å². The SMILES string of the molecule is CC(C)CN(CC(C)C)c1cnc(CNC(C)C)cn1. The van der Waals surface area contributed by atoms with E-state index in [-0.39, 0.29) is 0 Å². The highest BCUT2D eigenvalue weighted by Crippen LogP contribution is 2.14. The molecular weight excluding hydrogens is 248 g/mol. The van der Waals surface area contributed by atoms with Crippen LogP contribution in [0.3, 0.4) is 0 Å². The monoisotopic (exact) mass is 278 g/mol. The molecule has 114 valence electrons. The van der Waals surface area contributed by atoms with Crippen LogP contribution in [0.25, 0.3) is 0 Å². The third-order valence-electron chi connectivity index (χ3n) is 2.88. The summed E-state index contributed by atoms with van der Waals surface area (Å²) in [6, 6.07) is 0.467. The molecule has 1 heterocycles. The lowest BCUT2D eigenvalue weighted by Crippen LogP contribution is -2.32. The first-order valence-electron chi connectivity index (χ1n) is 7.67. The molecule has 0 aliphatic heterocycles. The molecule has 0 aliphatic rings. The minimum Gasteiger partial charge on any atom is -0.355 e. The molecule has 0 atom stereocenters. The zero-order valence-corrected chi connectivity index (χ0v) is 13.8. The van der Waals surface area contributed by atoms with Crippen molar-refractivity contribution in [3.8, 4) is 0 Å². The van der Waals surface area contributed by atoms with Crippen molar-refractivity contribution in [1.29, 1.82) is 0 Å². The average Bonchev–Trinajstić information content (AvgIpc) is 2.35. The Labute approximate surface area is 124 Å². The minimum absolute atomic E-state index is 0.467. The fraction of sp³-hybridized carbons (Fsp3) is 0.750. The van der Waals surface area contributed by atoms with Gasteiger partial charge in [-0.05, 0) is 11.8 Å². The van der Waals surface area contributed by atoms with E-state index in [1.807, 2.05) is 12.4 Å². The summed E-state index contributed by atoms with van der Waals surface area (Å²) in [6.07, 6.45) is 3.79. The molecule has 0 spiro atoms. The topological polar surface area (TPSA) is 41.1 Å². The summed E-state index contributed by atoms with van der Waals surface area (Å²) in [7, 11) is 0. The maximum absolute atomic E-state index is 4.59. The third kappa shape index (κ3) is 6.33. The smallest absolute Gasteiger partial charge is 0.147 e.